The summed E-state index contributed by atoms with van der Waals surface area (Å²) in [6, 6.07) is 5.26. The summed E-state index contributed by atoms with van der Waals surface area (Å²) in [4.78, 5) is 30.9. The molecule has 1 amide bonds. The van der Waals surface area contributed by atoms with Crippen molar-refractivity contribution in [3.8, 4) is 22.6 Å². The molecule has 0 atom stereocenters. The number of benzene rings is 1. The summed E-state index contributed by atoms with van der Waals surface area (Å²) in [6.07, 6.45) is 2.84. The third kappa shape index (κ3) is 4.67. The predicted octanol–water partition coefficient (Wildman–Crippen LogP) is 3.85. The van der Waals surface area contributed by atoms with E-state index in [4.69, 9.17) is 5.73 Å². The van der Waals surface area contributed by atoms with E-state index in [1.54, 1.807) is 11.6 Å². The average Bonchev–Trinajstić information content (AvgIpc) is 3.52. The summed E-state index contributed by atoms with van der Waals surface area (Å²) in [5.74, 6) is 0.301. The second kappa shape index (κ2) is 9.53. The van der Waals surface area contributed by atoms with Gasteiger partial charge < -0.3 is 20.1 Å². The number of nitrogens with zero attached hydrogens (tertiary/aromatic N) is 6. The van der Waals surface area contributed by atoms with E-state index in [9.17, 15) is 18.0 Å². The van der Waals surface area contributed by atoms with E-state index in [2.05, 4.69) is 19.9 Å². The van der Waals surface area contributed by atoms with E-state index < -0.39 is 11.7 Å². The first-order valence-electron chi connectivity index (χ1n) is 12.1. The van der Waals surface area contributed by atoms with Gasteiger partial charge in [-0.25, -0.2) is 15.0 Å². The minimum absolute atomic E-state index is 0.0921. The van der Waals surface area contributed by atoms with Crippen molar-refractivity contribution in [1.82, 2.24) is 29.3 Å². The summed E-state index contributed by atoms with van der Waals surface area (Å²) in [6.45, 7) is 3.52. The lowest BCUT2D eigenvalue weighted by Gasteiger charge is -2.36. The number of nitrogens with two attached hydrogens (primary N) is 1. The largest absolute Gasteiger partial charge is 0.416 e. The summed E-state index contributed by atoms with van der Waals surface area (Å²) < 4.78 is 40.8. The van der Waals surface area contributed by atoms with Gasteiger partial charge in [-0.1, -0.05) is 12.1 Å². The zero-order valence-corrected chi connectivity index (χ0v) is 20.0. The summed E-state index contributed by atoms with van der Waals surface area (Å²) in [7, 11) is 1.70. The molecule has 0 unspecified atom stereocenters. The number of carbonyl (C=O) groups excluding carboxylic acids is 1. The third-order valence-electron chi connectivity index (χ3n) is 7.12. The van der Waals surface area contributed by atoms with Gasteiger partial charge in [0, 0.05) is 49.7 Å². The van der Waals surface area contributed by atoms with Gasteiger partial charge in [0.1, 0.15) is 17.2 Å². The van der Waals surface area contributed by atoms with Crippen LogP contribution in [-0.2, 0) is 13.2 Å². The van der Waals surface area contributed by atoms with Crippen molar-refractivity contribution in [2.75, 3.05) is 31.9 Å². The molecule has 11 heteroatoms. The molecular formula is C25H28F3N7O. The van der Waals surface area contributed by atoms with Crippen LogP contribution in [0.4, 0.5) is 19.1 Å². The van der Waals surface area contributed by atoms with Crippen LogP contribution in [-0.4, -0.2) is 67.4 Å². The molecular weight excluding hydrogens is 471 g/mol. The molecule has 0 radical (unpaired) electrons. The quantitative estimate of drug-likeness (QED) is 0.586. The lowest BCUT2D eigenvalue weighted by molar-refractivity contribution is -0.137. The predicted molar refractivity (Wildman–Crippen MR) is 129 cm³/mol. The topological polar surface area (TPSA) is 93.2 Å². The van der Waals surface area contributed by atoms with E-state index in [-0.39, 0.29) is 11.9 Å². The van der Waals surface area contributed by atoms with Crippen LogP contribution in [0.2, 0.25) is 0 Å². The first-order valence-corrected chi connectivity index (χ1v) is 12.1. The van der Waals surface area contributed by atoms with Crippen LogP contribution in [0, 0.1) is 0 Å². The van der Waals surface area contributed by atoms with Crippen LogP contribution in [0.5, 0.6) is 0 Å². The fourth-order valence-electron chi connectivity index (χ4n) is 5.16. The number of piperidine rings is 1. The molecule has 0 saturated carbocycles. The summed E-state index contributed by atoms with van der Waals surface area (Å²) in [5.41, 5.74) is 6.59. The van der Waals surface area contributed by atoms with Gasteiger partial charge in [0.2, 0.25) is 5.95 Å². The third-order valence-corrected chi connectivity index (χ3v) is 7.12. The van der Waals surface area contributed by atoms with Crippen molar-refractivity contribution in [3.05, 3.63) is 47.9 Å². The lowest BCUT2D eigenvalue weighted by Crippen LogP contribution is -2.46. The van der Waals surface area contributed by atoms with Gasteiger partial charge in [-0.2, -0.15) is 13.2 Å². The van der Waals surface area contributed by atoms with Crippen LogP contribution in [0.3, 0.4) is 0 Å². The number of amides is 1. The standard InChI is InChI=1S/C25H28F3N7O/c1-33-21(23(36)35-12-8-19(9-13-35)34-10-2-3-11-34)20(17-14-30-24(29)31-15-17)32-22(33)16-4-6-18(7-5-16)25(26,27)28/h4-7,14-15,19H,2-3,8-13H2,1H3,(H2,29,30,31). The van der Waals surface area contributed by atoms with Gasteiger partial charge in [0.15, 0.2) is 0 Å². The van der Waals surface area contributed by atoms with E-state index in [0.717, 1.165) is 38.1 Å². The molecule has 2 aromatic heterocycles. The van der Waals surface area contributed by atoms with Crippen molar-refractivity contribution in [2.24, 2.45) is 7.05 Å². The Hall–Kier alpha value is -3.47. The molecule has 4 heterocycles. The van der Waals surface area contributed by atoms with Crippen LogP contribution >= 0.6 is 0 Å². The van der Waals surface area contributed by atoms with Crippen molar-refractivity contribution >= 4 is 11.9 Å². The Balaban J connectivity index is 1.48. The first-order chi connectivity index (χ1) is 17.2. The average molecular weight is 500 g/mol. The van der Waals surface area contributed by atoms with Gasteiger partial charge in [0.05, 0.1) is 5.56 Å². The Kier molecular flexibility index (Phi) is 6.42. The Bertz CT molecular complexity index is 1220. The van der Waals surface area contributed by atoms with Gasteiger partial charge in [0.25, 0.3) is 5.91 Å². The molecule has 0 bridgehead atoms. The second-order valence-corrected chi connectivity index (χ2v) is 9.36. The Morgan fingerprint density at radius 1 is 0.972 bits per heavy atom. The van der Waals surface area contributed by atoms with Gasteiger partial charge in [-0.05, 0) is 50.9 Å². The molecule has 0 spiro atoms. The number of nitrogen functional groups attached to an aromatic ring is 1. The maximum atomic E-state index is 13.8. The zero-order valence-electron chi connectivity index (χ0n) is 20.0. The van der Waals surface area contributed by atoms with E-state index in [1.807, 2.05) is 4.90 Å². The van der Waals surface area contributed by atoms with Crippen LogP contribution < -0.4 is 5.73 Å². The Morgan fingerprint density at radius 2 is 1.58 bits per heavy atom. The number of alkyl halides is 3. The normalized spacial score (nSPS) is 17.6. The number of aromatic nitrogens is 4. The Labute approximate surface area is 207 Å². The monoisotopic (exact) mass is 499 g/mol. The first kappa shape index (κ1) is 24.2. The molecule has 8 nitrogen and oxygen atoms in total. The number of halogens is 3. The molecule has 5 rings (SSSR count). The van der Waals surface area contributed by atoms with Crippen molar-refractivity contribution in [3.63, 3.8) is 0 Å². The fraction of sp³-hybridized carbons (Fsp3) is 0.440. The molecule has 190 valence electrons. The van der Waals surface area contributed by atoms with Gasteiger partial charge in [-0.15, -0.1) is 0 Å². The maximum absolute atomic E-state index is 13.8. The number of likely N-dealkylation sites (tertiary alicyclic amines) is 2. The minimum atomic E-state index is -4.44. The number of rotatable bonds is 4. The minimum Gasteiger partial charge on any atom is -0.368 e. The molecule has 36 heavy (non-hydrogen) atoms. The highest BCUT2D eigenvalue weighted by molar-refractivity contribution is 5.99. The number of hydrogen-bond acceptors (Lipinski definition) is 6. The summed E-state index contributed by atoms with van der Waals surface area (Å²) in [5, 5.41) is 0. The molecule has 2 saturated heterocycles. The molecule has 2 fully saturated rings. The van der Waals surface area contributed by atoms with E-state index in [1.165, 1.54) is 37.4 Å². The highest BCUT2D eigenvalue weighted by Gasteiger charge is 2.33. The molecule has 2 N–H and O–H groups in total. The fourth-order valence-corrected chi connectivity index (χ4v) is 5.16. The smallest absolute Gasteiger partial charge is 0.368 e. The van der Waals surface area contributed by atoms with E-state index in [0.29, 0.717) is 47.5 Å². The SMILES string of the molecule is Cn1c(-c2ccc(C(F)(F)F)cc2)nc(-c2cnc(N)nc2)c1C(=O)N1CCC(N2CCCC2)CC1. The summed E-state index contributed by atoms with van der Waals surface area (Å²) >= 11 is 0. The zero-order chi connectivity index (χ0) is 25.4. The van der Waals surface area contributed by atoms with E-state index >= 15 is 0 Å². The Morgan fingerprint density at radius 3 is 2.17 bits per heavy atom. The van der Waals surface area contributed by atoms with Crippen molar-refractivity contribution in [1.29, 1.82) is 0 Å². The van der Waals surface area contributed by atoms with Gasteiger partial charge in [-0.3, -0.25) is 4.79 Å². The maximum Gasteiger partial charge on any atom is 0.416 e. The van der Waals surface area contributed by atoms with Crippen LogP contribution in [0.1, 0.15) is 41.7 Å². The molecule has 2 aliphatic rings. The lowest BCUT2D eigenvalue weighted by atomic mass is 10.0. The number of anilines is 1. The second-order valence-electron chi connectivity index (χ2n) is 9.36. The number of hydrogen-bond donors (Lipinski definition) is 1. The molecule has 2 aliphatic heterocycles. The molecule has 0 aliphatic carbocycles. The van der Waals surface area contributed by atoms with Crippen LogP contribution in [0.25, 0.3) is 22.6 Å². The molecule has 3 aromatic rings. The highest BCUT2D eigenvalue weighted by Crippen LogP contribution is 2.33. The van der Waals surface area contributed by atoms with Crippen molar-refractivity contribution < 1.29 is 18.0 Å². The highest BCUT2D eigenvalue weighted by atomic mass is 19.4. The van der Waals surface area contributed by atoms with Gasteiger partial charge >= 0.3 is 6.18 Å². The number of imidazole rings is 1. The van der Waals surface area contributed by atoms with Crippen LogP contribution in [0.15, 0.2) is 36.7 Å². The number of carbonyl (C=O) groups is 1. The van der Waals surface area contributed by atoms with Crippen molar-refractivity contribution in [2.45, 2.75) is 37.9 Å². The molecule has 1 aromatic carbocycles.